The van der Waals surface area contributed by atoms with Crippen LogP contribution < -0.4 is 25.0 Å². The van der Waals surface area contributed by atoms with Crippen LogP contribution in [0.3, 0.4) is 0 Å². The van der Waals surface area contributed by atoms with Crippen LogP contribution >= 0.6 is 0 Å². The number of aromatic nitrogens is 3. The van der Waals surface area contributed by atoms with E-state index in [0.29, 0.717) is 24.0 Å². The lowest BCUT2D eigenvalue weighted by Crippen LogP contribution is -2.43. The van der Waals surface area contributed by atoms with Gasteiger partial charge in [-0.1, -0.05) is 6.92 Å². The number of nitrogens with zero attached hydrogens (tertiary/aromatic N) is 4. The zero-order chi connectivity index (χ0) is 26.9. The van der Waals surface area contributed by atoms with Gasteiger partial charge in [-0.25, -0.2) is 23.7 Å². The van der Waals surface area contributed by atoms with E-state index in [1.807, 2.05) is 12.1 Å². The van der Waals surface area contributed by atoms with E-state index in [0.717, 1.165) is 50.4 Å². The lowest BCUT2D eigenvalue weighted by atomic mass is 10.0. The quantitative estimate of drug-likeness (QED) is 0.301. The summed E-state index contributed by atoms with van der Waals surface area (Å²) < 4.78 is 39.8. The fourth-order valence-corrected chi connectivity index (χ4v) is 4.34. The number of pyridine rings is 1. The fourth-order valence-electron chi connectivity index (χ4n) is 4.34. The average Bonchev–Trinajstić information content (AvgIpc) is 2.95. The summed E-state index contributed by atoms with van der Waals surface area (Å²) in [7, 11) is 1.34. The number of ether oxygens (including phenoxy) is 2. The molecule has 0 unspecified atom stereocenters. The summed E-state index contributed by atoms with van der Waals surface area (Å²) in [6, 6.07) is 5.72. The summed E-state index contributed by atoms with van der Waals surface area (Å²) in [5.74, 6) is 0.0911. The van der Waals surface area contributed by atoms with Crippen molar-refractivity contribution in [2.24, 2.45) is 0 Å². The lowest BCUT2D eigenvalue weighted by molar-refractivity contribution is 0.280. The average molecular weight is 529 g/mol. The molecule has 204 valence electrons. The number of nitrogens with one attached hydrogen (secondary N) is 2. The van der Waals surface area contributed by atoms with Crippen molar-refractivity contribution in [2.75, 3.05) is 43.6 Å². The van der Waals surface area contributed by atoms with Crippen LogP contribution in [-0.4, -0.2) is 59.5 Å². The third kappa shape index (κ3) is 6.84. The van der Waals surface area contributed by atoms with Gasteiger partial charge in [-0.05, 0) is 56.0 Å². The van der Waals surface area contributed by atoms with Gasteiger partial charge in [0.25, 0.3) is 0 Å². The van der Waals surface area contributed by atoms with Gasteiger partial charge in [0, 0.05) is 25.7 Å². The number of hydrogen-bond donors (Lipinski definition) is 3. The fraction of sp³-hybridized carbons (Fsp3) is 0.444. The van der Waals surface area contributed by atoms with Crippen molar-refractivity contribution >= 4 is 17.5 Å². The maximum Gasteiger partial charge on any atom is 0.227 e. The third-order valence-electron chi connectivity index (χ3n) is 6.54. The molecule has 2 aromatic heterocycles. The zero-order valence-corrected chi connectivity index (χ0v) is 21.7. The molecule has 3 aromatic rings. The summed E-state index contributed by atoms with van der Waals surface area (Å²) in [4.78, 5) is 15.3. The van der Waals surface area contributed by atoms with Crippen LogP contribution in [0.15, 0.2) is 36.8 Å². The SMILES string of the molecule is CCc1cc(OC)c(F)c(COc2cnc(Nc3ccc(N4CCC(NCCCO)CC4)nc3)nc2)c1F. The highest BCUT2D eigenvalue weighted by atomic mass is 19.1. The molecule has 1 aliphatic heterocycles. The Morgan fingerprint density at radius 2 is 1.84 bits per heavy atom. The van der Waals surface area contributed by atoms with Gasteiger partial charge in [-0.15, -0.1) is 0 Å². The molecule has 0 radical (unpaired) electrons. The van der Waals surface area contributed by atoms with E-state index in [-0.39, 0.29) is 30.3 Å². The summed E-state index contributed by atoms with van der Waals surface area (Å²) in [5.41, 5.74) is 0.889. The molecule has 0 spiro atoms. The molecular formula is C27H34F2N6O3. The maximum absolute atomic E-state index is 14.6. The number of methoxy groups -OCH3 is 1. The highest BCUT2D eigenvalue weighted by Crippen LogP contribution is 2.28. The van der Waals surface area contributed by atoms with Crippen LogP contribution in [0, 0.1) is 11.6 Å². The molecule has 0 atom stereocenters. The summed E-state index contributed by atoms with van der Waals surface area (Å²) in [6.45, 7) is 4.36. The second-order valence-electron chi connectivity index (χ2n) is 9.05. The molecule has 4 rings (SSSR count). The molecule has 1 fully saturated rings. The molecule has 0 bridgehead atoms. The first-order valence-electron chi connectivity index (χ1n) is 12.8. The van der Waals surface area contributed by atoms with Gasteiger partial charge < -0.3 is 30.1 Å². The predicted octanol–water partition coefficient (Wildman–Crippen LogP) is 3.98. The van der Waals surface area contributed by atoms with Crippen LogP contribution in [-0.2, 0) is 13.0 Å². The minimum Gasteiger partial charge on any atom is -0.494 e. The van der Waals surface area contributed by atoms with E-state index in [4.69, 9.17) is 14.6 Å². The van der Waals surface area contributed by atoms with Gasteiger partial charge in [-0.3, -0.25) is 0 Å². The molecular weight excluding hydrogens is 494 g/mol. The Kier molecular flexibility index (Phi) is 9.61. The second-order valence-corrected chi connectivity index (χ2v) is 9.05. The van der Waals surface area contributed by atoms with E-state index in [2.05, 4.69) is 30.5 Å². The van der Waals surface area contributed by atoms with E-state index in [9.17, 15) is 8.78 Å². The number of piperidine rings is 1. The predicted molar refractivity (Wildman–Crippen MR) is 141 cm³/mol. The number of anilines is 3. The van der Waals surface area contributed by atoms with Gasteiger partial charge in [0.15, 0.2) is 17.3 Å². The number of hydrogen-bond acceptors (Lipinski definition) is 9. The second kappa shape index (κ2) is 13.3. The smallest absolute Gasteiger partial charge is 0.227 e. The Hall–Kier alpha value is -3.57. The highest BCUT2D eigenvalue weighted by Gasteiger charge is 2.20. The highest BCUT2D eigenvalue weighted by molar-refractivity contribution is 5.55. The van der Waals surface area contributed by atoms with Crippen LogP contribution in [0.2, 0.25) is 0 Å². The molecule has 0 aliphatic carbocycles. The number of aliphatic hydroxyl groups is 1. The summed E-state index contributed by atoms with van der Waals surface area (Å²) in [6.07, 6.45) is 7.85. The first-order chi connectivity index (χ1) is 18.5. The summed E-state index contributed by atoms with van der Waals surface area (Å²) >= 11 is 0. The Bertz CT molecular complexity index is 1140. The molecule has 0 saturated carbocycles. The molecule has 1 aliphatic rings. The van der Waals surface area contributed by atoms with Crippen molar-refractivity contribution < 1.29 is 23.4 Å². The topological polar surface area (TPSA) is 105 Å². The molecule has 3 heterocycles. The molecule has 9 nitrogen and oxygen atoms in total. The largest absolute Gasteiger partial charge is 0.494 e. The number of halogens is 2. The number of rotatable bonds is 12. The molecule has 11 heteroatoms. The van der Waals surface area contributed by atoms with Crippen LogP contribution in [0.4, 0.5) is 26.2 Å². The van der Waals surface area contributed by atoms with Gasteiger partial charge in [0.2, 0.25) is 5.95 Å². The minimum atomic E-state index is -0.781. The van der Waals surface area contributed by atoms with Gasteiger partial charge in [0.05, 0.1) is 37.0 Å². The lowest BCUT2D eigenvalue weighted by Gasteiger charge is -2.33. The normalized spacial score (nSPS) is 14.0. The van der Waals surface area contributed by atoms with Crippen LogP contribution in [0.5, 0.6) is 11.5 Å². The Morgan fingerprint density at radius 1 is 1.08 bits per heavy atom. The van der Waals surface area contributed by atoms with Crippen molar-refractivity contribution in [3.63, 3.8) is 0 Å². The van der Waals surface area contributed by atoms with E-state index < -0.39 is 11.6 Å². The third-order valence-corrected chi connectivity index (χ3v) is 6.54. The van der Waals surface area contributed by atoms with Crippen molar-refractivity contribution in [3.8, 4) is 11.5 Å². The number of benzene rings is 1. The van der Waals surface area contributed by atoms with Crippen molar-refractivity contribution in [1.82, 2.24) is 20.3 Å². The molecule has 1 aromatic carbocycles. The number of aryl methyl sites for hydroxylation is 1. The van der Waals surface area contributed by atoms with Crippen LogP contribution in [0.25, 0.3) is 0 Å². The maximum atomic E-state index is 14.6. The Morgan fingerprint density at radius 3 is 2.47 bits per heavy atom. The van der Waals surface area contributed by atoms with Crippen molar-refractivity contribution in [1.29, 1.82) is 0 Å². The van der Waals surface area contributed by atoms with Gasteiger partial charge in [0.1, 0.15) is 18.2 Å². The zero-order valence-electron chi connectivity index (χ0n) is 21.7. The Balaban J connectivity index is 1.30. The van der Waals surface area contributed by atoms with Crippen LogP contribution in [0.1, 0.15) is 37.3 Å². The standard InChI is InChI=1S/C27H34F2N6O3/c1-3-18-13-23(37-2)26(29)22(25(18)28)17-38-21-15-32-27(33-16-21)34-20-5-6-24(31-14-20)35-10-7-19(8-11-35)30-9-4-12-36/h5-6,13-16,19,30,36H,3-4,7-12,17H2,1-2H3,(H,32,33,34). The van der Waals surface area contributed by atoms with Gasteiger partial charge >= 0.3 is 0 Å². The monoisotopic (exact) mass is 528 g/mol. The van der Waals surface area contributed by atoms with E-state index in [1.54, 1.807) is 13.1 Å². The number of aliphatic hydroxyl groups excluding tert-OH is 1. The molecule has 38 heavy (non-hydrogen) atoms. The van der Waals surface area contributed by atoms with Crippen molar-refractivity contribution in [2.45, 2.75) is 45.3 Å². The minimum absolute atomic E-state index is 0.0204. The Labute approximate surface area is 221 Å². The summed E-state index contributed by atoms with van der Waals surface area (Å²) in [5, 5.41) is 15.5. The van der Waals surface area contributed by atoms with Crippen molar-refractivity contribution in [3.05, 3.63) is 59.6 Å². The van der Waals surface area contributed by atoms with E-state index >= 15 is 0 Å². The van der Waals surface area contributed by atoms with Gasteiger partial charge in [-0.2, -0.15) is 0 Å². The molecule has 1 saturated heterocycles. The first kappa shape index (κ1) is 27.5. The first-order valence-corrected chi connectivity index (χ1v) is 12.8. The van der Waals surface area contributed by atoms with E-state index in [1.165, 1.54) is 25.6 Å². The molecule has 3 N–H and O–H groups in total. The molecule has 0 amide bonds.